The van der Waals surface area contributed by atoms with E-state index < -0.39 is 0 Å². The first-order valence-corrected chi connectivity index (χ1v) is 5.84. The lowest BCUT2D eigenvalue weighted by Crippen LogP contribution is -2.26. The predicted molar refractivity (Wildman–Crippen MR) is 60.1 cm³/mol. The molecule has 0 N–H and O–H groups in total. The van der Waals surface area contributed by atoms with Crippen molar-refractivity contribution in [3.8, 4) is 5.75 Å². The molecule has 3 rings (SSSR count). The van der Waals surface area contributed by atoms with E-state index in [1.807, 2.05) is 6.07 Å². The van der Waals surface area contributed by atoms with Gasteiger partial charge in [-0.25, -0.2) is 0 Å². The maximum atomic E-state index is 5.86. The second-order valence-electron chi connectivity index (χ2n) is 3.83. The molecule has 0 radical (unpaired) electrons. The standard InChI is InChI=1S/C12H11BrO/c13-9-5-3-7-11-12(9)8-4-1-2-6-10(8)14-11/h1-4,6-7,9,11-12H,5H2. The summed E-state index contributed by atoms with van der Waals surface area (Å²) < 4.78 is 5.86. The molecule has 14 heavy (non-hydrogen) atoms. The fourth-order valence-electron chi connectivity index (χ4n) is 2.31. The van der Waals surface area contributed by atoms with E-state index in [1.54, 1.807) is 0 Å². The van der Waals surface area contributed by atoms with Crippen molar-refractivity contribution in [2.75, 3.05) is 0 Å². The number of benzene rings is 1. The first kappa shape index (κ1) is 8.54. The number of rotatable bonds is 0. The van der Waals surface area contributed by atoms with Crippen molar-refractivity contribution in [1.82, 2.24) is 0 Å². The van der Waals surface area contributed by atoms with Gasteiger partial charge < -0.3 is 4.74 Å². The topological polar surface area (TPSA) is 9.23 Å². The van der Waals surface area contributed by atoms with Gasteiger partial charge in [-0.1, -0.05) is 40.2 Å². The molecule has 0 saturated heterocycles. The highest BCUT2D eigenvalue weighted by Gasteiger charge is 2.38. The van der Waals surface area contributed by atoms with E-state index in [1.165, 1.54) is 5.56 Å². The first-order chi connectivity index (χ1) is 6.86. The quantitative estimate of drug-likeness (QED) is 0.508. The van der Waals surface area contributed by atoms with Gasteiger partial charge in [0.05, 0.1) is 0 Å². The molecule has 0 saturated carbocycles. The molecule has 1 aromatic rings. The second-order valence-corrected chi connectivity index (χ2v) is 5.00. The highest BCUT2D eigenvalue weighted by atomic mass is 79.9. The van der Waals surface area contributed by atoms with Crippen molar-refractivity contribution in [3.63, 3.8) is 0 Å². The lowest BCUT2D eigenvalue weighted by atomic mass is 9.87. The summed E-state index contributed by atoms with van der Waals surface area (Å²) in [7, 11) is 0. The predicted octanol–water partition coefficient (Wildman–Crippen LogP) is 3.25. The van der Waals surface area contributed by atoms with E-state index >= 15 is 0 Å². The van der Waals surface area contributed by atoms with Gasteiger partial charge in [-0.3, -0.25) is 0 Å². The van der Waals surface area contributed by atoms with E-state index in [-0.39, 0.29) is 6.10 Å². The van der Waals surface area contributed by atoms with Gasteiger partial charge in [0.15, 0.2) is 0 Å². The van der Waals surface area contributed by atoms with Crippen LogP contribution in [-0.2, 0) is 0 Å². The van der Waals surface area contributed by atoms with Crippen LogP contribution in [-0.4, -0.2) is 10.9 Å². The van der Waals surface area contributed by atoms with Crippen LogP contribution in [0, 0.1) is 0 Å². The molecule has 0 aromatic heterocycles. The molecule has 0 amide bonds. The molecule has 1 nitrogen and oxygen atoms in total. The number of ether oxygens (including phenoxy) is 1. The van der Waals surface area contributed by atoms with Gasteiger partial charge in [-0.2, -0.15) is 0 Å². The minimum absolute atomic E-state index is 0.241. The maximum absolute atomic E-state index is 5.86. The van der Waals surface area contributed by atoms with Gasteiger partial charge in [-0.15, -0.1) is 0 Å². The van der Waals surface area contributed by atoms with E-state index in [0.717, 1.165) is 12.2 Å². The van der Waals surface area contributed by atoms with Crippen LogP contribution in [0.1, 0.15) is 17.9 Å². The lowest BCUT2D eigenvalue weighted by Gasteiger charge is -2.24. The zero-order valence-electron chi connectivity index (χ0n) is 7.69. The highest BCUT2D eigenvalue weighted by molar-refractivity contribution is 9.09. The van der Waals surface area contributed by atoms with Crippen LogP contribution in [0.5, 0.6) is 5.75 Å². The molecule has 72 valence electrons. The number of allylic oxidation sites excluding steroid dienone is 1. The van der Waals surface area contributed by atoms with E-state index in [4.69, 9.17) is 4.74 Å². The average molecular weight is 251 g/mol. The Morgan fingerprint density at radius 2 is 2.14 bits per heavy atom. The fraction of sp³-hybridized carbons (Fsp3) is 0.333. The third-order valence-electron chi connectivity index (χ3n) is 2.97. The van der Waals surface area contributed by atoms with Crippen molar-refractivity contribution in [2.45, 2.75) is 23.3 Å². The molecule has 0 spiro atoms. The molecule has 2 aliphatic rings. The van der Waals surface area contributed by atoms with Crippen LogP contribution in [0.4, 0.5) is 0 Å². The first-order valence-electron chi connectivity index (χ1n) is 4.92. The van der Waals surface area contributed by atoms with Crippen LogP contribution in [0.3, 0.4) is 0 Å². The molecule has 2 heteroatoms. The molecule has 0 fully saturated rings. The van der Waals surface area contributed by atoms with Crippen molar-refractivity contribution >= 4 is 15.9 Å². The van der Waals surface area contributed by atoms with Gasteiger partial charge in [0.2, 0.25) is 0 Å². The Kier molecular flexibility index (Phi) is 1.91. The monoisotopic (exact) mass is 250 g/mol. The Balaban J connectivity index is 2.09. The molecule has 0 bridgehead atoms. The number of halogens is 1. The third kappa shape index (κ3) is 1.13. The van der Waals surface area contributed by atoms with E-state index in [9.17, 15) is 0 Å². The molecule has 1 aromatic carbocycles. The molecule has 3 unspecified atom stereocenters. The van der Waals surface area contributed by atoms with Gasteiger partial charge in [0.25, 0.3) is 0 Å². The Bertz CT molecular complexity index is 386. The number of hydrogen-bond donors (Lipinski definition) is 0. The van der Waals surface area contributed by atoms with Crippen molar-refractivity contribution in [3.05, 3.63) is 42.0 Å². The normalized spacial score (nSPS) is 33.4. The lowest BCUT2D eigenvalue weighted by molar-refractivity contribution is 0.248. The Morgan fingerprint density at radius 1 is 1.29 bits per heavy atom. The average Bonchev–Trinajstić information content (AvgIpc) is 2.57. The number of fused-ring (bicyclic) bond motifs is 3. The minimum atomic E-state index is 0.241. The summed E-state index contributed by atoms with van der Waals surface area (Å²) in [6.07, 6.45) is 5.72. The summed E-state index contributed by atoms with van der Waals surface area (Å²) in [5, 5.41) is 0. The summed E-state index contributed by atoms with van der Waals surface area (Å²) in [4.78, 5) is 0.515. The highest BCUT2D eigenvalue weighted by Crippen LogP contribution is 2.45. The Hall–Kier alpha value is -0.760. The molecular formula is C12H11BrO. The van der Waals surface area contributed by atoms with Gasteiger partial charge in [0.1, 0.15) is 11.9 Å². The number of hydrogen-bond acceptors (Lipinski definition) is 1. The Morgan fingerprint density at radius 3 is 3.07 bits per heavy atom. The zero-order chi connectivity index (χ0) is 9.54. The summed E-state index contributed by atoms with van der Waals surface area (Å²) >= 11 is 3.73. The molecule has 1 heterocycles. The van der Waals surface area contributed by atoms with E-state index in [0.29, 0.717) is 10.7 Å². The summed E-state index contributed by atoms with van der Waals surface area (Å²) in [6.45, 7) is 0. The van der Waals surface area contributed by atoms with E-state index in [2.05, 4.69) is 46.3 Å². The minimum Gasteiger partial charge on any atom is -0.485 e. The number of alkyl halides is 1. The van der Waals surface area contributed by atoms with Crippen molar-refractivity contribution < 1.29 is 4.74 Å². The van der Waals surface area contributed by atoms with Crippen molar-refractivity contribution in [2.24, 2.45) is 0 Å². The fourth-order valence-corrected chi connectivity index (χ4v) is 3.11. The summed E-state index contributed by atoms with van der Waals surface area (Å²) in [5.74, 6) is 1.55. The van der Waals surface area contributed by atoms with Gasteiger partial charge in [0, 0.05) is 16.3 Å². The molecule has 3 atom stereocenters. The molecular weight excluding hydrogens is 240 g/mol. The van der Waals surface area contributed by atoms with Gasteiger partial charge >= 0.3 is 0 Å². The zero-order valence-corrected chi connectivity index (χ0v) is 9.28. The van der Waals surface area contributed by atoms with Crippen LogP contribution in [0.25, 0.3) is 0 Å². The second kappa shape index (κ2) is 3.13. The smallest absolute Gasteiger partial charge is 0.125 e. The van der Waals surface area contributed by atoms with Crippen molar-refractivity contribution in [1.29, 1.82) is 0 Å². The maximum Gasteiger partial charge on any atom is 0.125 e. The van der Waals surface area contributed by atoms with Crippen LogP contribution < -0.4 is 4.74 Å². The van der Waals surface area contributed by atoms with Gasteiger partial charge in [-0.05, 0) is 18.6 Å². The SMILES string of the molecule is BrC1CC=CC2Oc3ccccc3C12. The summed E-state index contributed by atoms with van der Waals surface area (Å²) in [5.41, 5.74) is 1.35. The van der Waals surface area contributed by atoms with Crippen LogP contribution in [0.15, 0.2) is 36.4 Å². The molecule has 1 aliphatic heterocycles. The molecule has 1 aliphatic carbocycles. The third-order valence-corrected chi connectivity index (χ3v) is 3.92. The largest absolute Gasteiger partial charge is 0.485 e. The Labute approximate surface area is 91.9 Å². The summed E-state index contributed by atoms with van der Waals surface area (Å²) in [6, 6.07) is 8.35. The van der Waals surface area contributed by atoms with Crippen LogP contribution >= 0.6 is 15.9 Å². The van der Waals surface area contributed by atoms with Crippen LogP contribution in [0.2, 0.25) is 0 Å². The number of para-hydroxylation sites is 1.